The molecule has 1 saturated heterocycles. The van der Waals surface area contributed by atoms with Gasteiger partial charge in [-0.05, 0) is 50.5 Å². The summed E-state index contributed by atoms with van der Waals surface area (Å²) in [6.07, 6.45) is 3.04. The number of aryl methyl sites for hydroxylation is 1. The lowest BCUT2D eigenvalue weighted by Crippen LogP contribution is -2.25. The second kappa shape index (κ2) is 15.2. The number of nitrogens with zero attached hydrogens (tertiary/aromatic N) is 1. The lowest BCUT2D eigenvalue weighted by atomic mass is 10.1. The quantitative estimate of drug-likeness (QED) is 0.323. The number of amides is 5. The maximum atomic E-state index is 11.7. The number of ether oxygens (including phenoxy) is 2. The molecule has 2 aromatic rings. The molecule has 5 amide bonds. The lowest BCUT2D eigenvalue weighted by Gasteiger charge is -2.07. The smallest absolute Gasteiger partial charge is 0.407 e. The number of urea groups is 1. The Morgan fingerprint density at radius 2 is 1.95 bits per heavy atom. The zero-order valence-corrected chi connectivity index (χ0v) is 23.7. The average Bonchev–Trinajstić information content (AvgIpc) is 3.58. The Labute approximate surface area is 234 Å². The van der Waals surface area contributed by atoms with Crippen molar-refractivity contribution in [3.63, 3.8) is 0 Å². The van der Waals surface area contributed by atoms with Gasteiger partial charge >= 0.3 is 12.1 Å². The van der Waals surface area contributed by atoms with Crippen LogP contribution < -0.4 is 20.7 Å². The average molecular weight is 555 g/mol. The molecule has 11 nitrogen and oxygen atoms in total. The largest absolute Gasteiger partial charge is 0.497 e. The summed E-state index contributed by atoms with van der Waals surface area (Å²) >= 11 is 0. The van der Waals surface area contributed by atoms with Crippen molar-refractivity contribution in [3.05, 3.63) is 71.2 Å². The minimum atomic E-state index is -0.802. The molecule has 0 radical (unpaired) electrons. The number of rotatable bonds is 8. The molecule has 1 aromatic heterocycles. The second-order valence-electron chi connectivity index (χ2n) is 8.79. The van der Waals surface area contributed by atoms with Crippen molar-refractivity contribution in [2.45, 2.75) is 46.2 Å². The normalized spacial score (nSPS) is 15.6. The van der Waals surface area contributed by atoms with E-state index in [0.29, 0.717) is 37.6 Å². The second-order valence-corrected chi connectivity index (χ2v) is 8.79. The monoisotopic (exact) mass is 554 g/mol. The van der Waals surface area contributed by atoms with Crippen molar-refractivity contribution in [2.75, 3.05) is 27.3 Å². The highest BCUT2D eigenvalue weighted by Gasteiger charge is 2.33. The summed E-state index contributed by atoms with van der Waals surface area (Å²) in [4.78, 5) is 47.5. The highest BCUT2D eigenvalue weighted by atomic mass is 16.5. The molecule has 11 heteroatoms. The van der Waals surface area contributed by atoms with Gasteiger partial charge in [-0.25, -0.2) is 9.59 Å². The highest BCUT2D eigenvalue weighted by molar-refractivity contribution is 6.04. The summed E-state index contributed by atoms with van der Waals surface area (Å²) in [5.74, 6) is 1.44. The Morgan fingerprint density at radius 3 is 2.55 bits per heavy atom. The van der Waals surface area contributed by atoms with E-state index >= 15 is 0 Å². The van der Waals surface area contributed by atoms with Crippen LogP contribution >= 0.6 is 0 Å². The van der Waals surface area contributed by atoms with Crippen LogP contribution in [-0.2, 0) is 16.1 Å². The van der Waals surface area contributed by atoms with Gasteiger partial charge in [0.05, 0.1) is 13.7 Å². The molecule has 2 aliphatic heterocycles. The van der Waals surface area contributed by atoms with Crippen LogP contribution in [0.1, 0.15) is 65.7 Å². The van der Waals surface area contributed by atoms with Crippen molar-refractivity contribution in [3.8, 4) is 5.75 Å². The summed E-state index contributed by atoms with van der Waals surface area (Å²) in [7, 11) is 3.40. The number of imide groups is 1. The Balaban J connectivity index is 0.000000311. The molecular formula is C29H38N4O7. The van der Waals surface area contributed by atoms with E-state index in [4.69, 9.17) is 13.9 Å². The number of methoxy groups -OCH3 is 1. The molecule has 0 bridgehead atoms. The fourth-order valence-corrected chi connectivity index (χ4v) is 4.05. The number of hydrogen-bond acceptors (Lipinski definition) is 7. The van der Waals surface area contributed by atoms with Gasteiger partial charge in [-0.2, -0.15) is 0 Å². The predicted molar refractivity (Wildman–Crippen MR) is 151 cm³/mol. The van der Waals surface area contributed by atoms with Gasteiger partial charge in [0.25, 0.3) is 11.8 Å². The van der Waals surface area contributed by atoms with E-state index in [1.165, 1.54) is 0 Å². The molecule has 3 heterocycles. The SMILES string of the molecule is C=C.CCOC(=O)NCC/C(=C/c1cc(C2NC(=O)NC2=O)oc1C)CC.COc1ccc2c(c1)C(=O)N(C)C2. The van der Waals surface area contributed by atoms with Crippen LogP contribution in [0.2, 0.25) is 0 Å². The van der Waals surface area contributed by atoms with E-state index in [2.05, 4.69) is 29.1 Å². The zero-order chi connectivity index (χ0) is 29.8. The zero-order valence-electron chi connectivity index (χ0n) is 23.7. The van der Waals surface area contributed by atoms with Gasteiger partial charge in [0.15, 0.2) is 6.04 Å². The summed E-state index contributed by atoms with van der Waals surface area (Å²) in [6.45, 7) is 13.1. The van der Waals surface area contributed by atoms with Crippen LogP contribution in [0.5, 0.6) is 5.75 Å². The summed E-state index contributed by atoms with van der Waals surface area (Å²) in [5.41, 5.74) is 3.80. The Hall–Kier alpha value is -4.54. The van der Waals surface area contributed by atoms with Crippen molar-refractivity contribution in [1.82, 2.24) is 20.9 Å². The van der Waals surface area contributed by atoms with Crippen LogP contribution in [0, 0.1) is 6.92 Å². The molecule has 4 rings (SSSR count). The summed E-state index contributed by atoms with van der Waals surface area (Å²) in [6, 6.07) is 6.03. The van der Waals surface area contributed by atoms with Gasteiger partial charge in [0.2, 0.25) is 0 Å². The molecule has 1 aromatic carbocycles. The Morgan fingerprint density at radius 1 is 1.23 bits per heavy atom. The van der Waals surface area contributed by atoms with Gasteiger partial charge in [0, 0.05) is 31.3 Å². The third kappa shape index (κ3) is 8.23. The first-order valence-corrected chi connectivity index (χ1v) is 12.9. The van der Waals surface area contributed by atoms with Gasteiger partial charge in [-0.3, -0.25) is 14.9 Å². The number of nitrogens with one attached hydrogen (secondary N) is 3. The summed E-state index contributed by atoms with van der Waals surface area (Å²) in [5, 5.41) is 7.37. The van der Waals surface area contributed by atoms with Gasteiger partial charge < -0.3 is 29.4 Å². The molecule has 1 unspecified atom stereocenters. The van der Waals surface area contributed by atoms with E-state index in [-0.39, 0.29) is 5.91 Å². The van der Waals surface area contributed by atoms with Crippen LogP contribution in [-0.4, -0.2) is 56.1 Å². The topological polar surface area (TPSA) is 139 Å². The molecule has 2 aliphatic rings. The van der Waals surface area contributed by atoms with E-state index in [1.54, 1.807) is 45.0 Å². The maximum Gasteiger partial charge on any atom is 0.407 e. The predicted octanol–water partition coefficient (Wildman–Crippen LogP) is 4.48. The number of carbonyl (C=O) groups is 4. The number of furan rings is 1. The van der Waals surface area contributed by atoms with E-state index < -0.39 is 24.1 Å². The first-order chi connectivity index (χ1) is 19.2. The fraction of sp³-hybridized carbons (Fsp3) is 0.379. The molecule has 216 valence electrons. The third-order valence-electron chi connectivity index (χ3n) is 6.14. The van der Waals surface area contributed by atoms with E-state index in [1.807, 2.05) is 25.1 Å². The molecule has 1 atom stereocenters. The molecule has 0 spiro atoms. The van der Waals surface area contributed by atoms with E-state index in [0.717, 1.165) is 34.4 Å². The number of hydrogen-bond donors (Lipinski definition) is 3. The molecule has 40 heavy (non-hydrogen) atoms. The molecule has 0 saturated carbocycles. The van der Waals surface area contributed by atoms with Crippen molar-refractivity contribution in [2.24, 2.45) is 0 Å². The first kappa shape index (κ1) is 31.7. The van der Waals surface area contributed by atoms with Crippen LogP contribution in [0.3, 0.4) is 0 Å². The molecular weight excluding hydrogens is 516 g/mol. The fourth-order valence-electron chi connectivity index (χ4n) is 4.05. The number of alkyl carbamates (subject to hydrolysis) is 1. The number of carbonyl (C=O) groups excluding carboxylic acids is 4. The van der Waals surface area contributed by atoms with E-state index in [9.17, 15) is 19.2 Å². The number of benzene rings is 1. The standard InChI is InChI=1S/C17H23N3O5.C10H11NO2.C2H4/c1-4-11(6-7-18-17(23)24-5-2)8-12-9-13(25-10(12)3)14-15(21)20-16(22)19-14;1-11-6-7-3-4-8(13-2)5-9(7)10(11)12;1-2/h8-9,14H,4-7H2,1-3H3,(H,18,23)(H2,19,20,21,22);3-5H,6H2,1-2H3;1-2H2/b11-8+;;. The van der Waals surface area contributed by atoms with Gasteiger partial charge in [-0.15, -0.1) is 13.2 Å². The molecule has 0 aliphatic carbocycles. The van der Waals surface area contributed by atoms with Gasteiger partial charge in [-0.1, -0.05) is 24.6 Å². The minimum absolute atomic E-state index is 0.0777. The van der Waals surface area contributed by atoms with Crippen molar-refractivity contribution >= 4 is 30.0 Å². The van der Waals surface area contributed by atoms with Crippen molar-refractivity contribution < 1.29 is 33.1 Å². The minimum Gasteiger partial charge on any atom is -0.497 e. The maximum absolute atomic E-state index is 11.7. The highest BCUT2D eigenvalue weighted by Crippen LogP contribution is 2.26. The summed E-state index contributed by atoms with van der Waals surface area (Å²) < 4.78 is 15.5. The Kier molecular flexibility index (Phi) is 12.0. The first-order valence-electron chi connectivity index (χ1n) is 12.9. The number of fused-ring (bicyclic) bond motifs is 1. The van der Waals surface area contributed by atoms with Gasteiger partial charge in [0.1, 0.15) is 17.3 Å². The van der Waals surface area contributed by atoms with Crippen LogP contribution in [0.25, 0.3) is 6.08 Å². The van der Waals surface area contributed by atoms with Crippen LogP contribution in [0.15, 0.2) is 47.4 Å². The third-order valence-corrected chi connectivity index (χ3v) is 6.14. The molecule has 3 N–H and O–H groups in total. The lowest BCUT2D eigenvalue weighted by molar-refractivity contribution is -0.120. The Bertz CT molecular complexity index is 1250. The van der Waals surface area contributed by atoms with Crippen molar-refractivity contribution in [1.29, 1.82) is 0 Å². The van der Waals surface area contributed by atoms with Crippen LogP contribution in [0.4, 0.5) is 9.59 Å². The molecule has 1 fully saturated rings.